The van der Waals surface area contributed by atoms with Gasteiger partial charge < -0.3 is 25.4 Å². The molecule has 0 fully saturated rings. The number of nitrogens with zero attached hydrogens (tertiary/aromatic N) is 3. The van der Waals surface area contributed by atoms with Crippen LogP contribution < -0.4 is 25.4 Å². The van der Waals surface area contributed by atoms with Crippen LogP contribution in [0.15, 0.2) is 42.9 Å². The van der Waals surface area contributed by atoms with E-state index in [0.717, 1.165) is 31.2 Å². The summed E-state index contributed by atoms with van der Waals surface area (Å²) in [6, 6.07) is 6.88. The molecule has 2 atom stereocenters. The van der Waals surface area contributed by atoms with Gasteiger partial charge in [-0.2, -0.15) is 0 Å². The summed E-state index contributed by atoms with van der Waals surface area (Å²) in [4.78, 5) is 26.3. The summed E-state index contributed by atoms with van der Waals surface area (Å²) in [5.74, 6) is 0.194. The maximum atomic E-state index is 13.5. The van der Waals surface area contributed by atoms with E-state index in [1.165, 1.54) is 17.7 Å². The molecule has 0 spiro atoms. The molecule has 4 rings (SSSR count). The second-order valence-electron chi connectivity index (χ2n) is 13.5. The fourth-order valence-electron chi connectivity index (χ4n) is 5.22. The molecule has 3 N–H and O–H groups in total. The second kappa shape index (κ2) is 14.7. The minimum absolute atomic E-state index is 0.0154. The lowest BCUT2D eigenvalue weighted by molar-refractivity contribution is -0.115. The zero-order valence-electron chi connectivity index (χ0n) is 27.8. The summed E-state index contributed by atoms with van der Waals surface area (Å²) in [5.41, 5.74) is 1.03. The van der Waals surface area contributed by atoms with E-state index in [1.807, 2.05) is 12.1 Å². The summed E-state index contributed by atoms with van der Waals surface area (Å²) in [6.07, 6.45) is 3.83. The van der Waals surface area contributed by atoms with Crippen LogP contribution in [0.4, 0.5) is 25.4 Å². The first kappa shape index (κ1) is 35.0. The number of hydrogen-bond donors (Lipinski definition) is 3. The van der Waals surface area contributed by atoms with Gasteiger partial charge in [-0.15, -0.1) is 11.3 Å². The van der Waals surface area contributed by atoms with Crippen LogP contribution in [0.2, 0.25) is 0 Å². The van der Waals surface area contributed by atoms with Crippen molar-refractivity contribution in [1.29, 1.82) is 0 Å². The monoisotopic (exact) mass is 654 g/mol. The van der Waals surface area contributed by atoms with Crippen molar-refractivity contribution in [1.82, 2.24) is 20.3 Å². The molecule has 248 valence electrons. The van der Waals surface area contributed by atoms with Crippen molar-refractivity contribution in [2.24, 2.45) is 16.7 Å². The molecule has 9 nitrogen and oxygen atoms in total. The van der Waals surface area contributed by atoms with Crippen molar-refractivity contribution in [2.75, 3.05) is 30.9 Å². The number of rotatable bonds is 13. The van der Waals surface area contributed by atoms with Gasteiger partial charge in [0.1, 0.15) is 23.8 Å². The Morgan fingerprint density at radius 1 is 0.957 bits per heavy atom. The Morgan fingerprint density at radius 3 is 2.33 bits per heavy atom. The van der Waals surface area contributed by atoms with Gasteiger partial charge in [-0.1, -0.05) is 48.5 Å². The van der Waals surface area contributed by atoms with E-state index in [9.17, 15) is 13.6 Å². The van der Waals surface area contributed by atoms with Gasteiger partial charge in [-0.05, 0) is 47.9 Å². The number of benzene rings is 2. The number of hydrogen-bond acceptors (Lipinski definition) is 9. The van der Waals surface area contributed by atoms with Gasteiger partial charge in [-0.25, -0.2) is 23.7 Å². The van der Waals surface area contributed by atoms with Gasteiger partial charge in [0.05, 0.1) is 25.7 Å². The van der Waals surface area contributed by atoms with E-state index in [1.54, 1.807) is 13.3 Å². The van der Waals surface area contributed by atoms with Crippen LogP contribution in [0.3, 0.4) is 0 Å². The van der Waals surface area contributed by atoms with Crippen LogP contribution in [0.1, 0.15) is 59.8 Å². The number of aromatic nitrogens is 3. The first-order valence-corrected chi connectivity index (χ1v) is 16.1. The average molecular weight is 655 g/mol. The normalized spacial score (nSPS) is 13.3. The van der Waals surface area contributed by atoms with Gasteiger partial charge in [0, 0.05) is 40.3 Å². The third-order valence-corrected chi connectivity index (χ3v) is 8.84. The molecule has 0 aliphatic rings. The Balaban J connectivity index is 1.38. The van der Waals surface area contributed by atoms with Gasteiger partial charge in [0.25, 0.3) is 0 Å². The van der Waals surface area contributed by atoms with E-state index in [2.05, 4.69) is 79.4 Å². The molecule has 0 saturated carbocycles. The first-order valence-electron chi connectivity index (χ1n) is 15.3. The Kier molecular flexibility index (Phi) is 11.2. The largest absolute Gasteiger partial charge is 0.493 e. The fraction of sp³-hybridized carbons (Fsp3) is 0.471. The highest BCUT2D eigenvalue weighted by Gasteiger charge is 2.35. The molecule has 0 bridgehead atoms. The molecule has 12 heteroatoms. The molecule has 2 aromatic heterocycles. The van der Waals surface area contributed by atoms with Crippen LogP contribution in [-0.4, -0.2) is 47.2 Å². The number of nitrogens with one attached hydrogen (secondary N) is 3. The molecule has 2 heterocycles. The maximum absolute atomic E-state index is 13.5. The highest BCUT2D eigenvalue weighted by molar-refractivity contribution is 7.15. The Morgan fingerprint density at radius 2 is 1.67 bits per heavy atom. The van der Waals surface area contributed by atoms with Crippen molar-refractivity contribution in [3.8, 4) is 11.5 Å². The van der Waals surface area contributed by atoms with Crippen LogP contribution in [0.25, 0.3) is 10.9 Å². The van der Waals surface area contributed by atoms with E-state index in [-0.39, 0.29) is 22.9 Å². The minimum atomic E-state index is -0.768. The molecule has 1 amide bonds. The lowest BCUT2D eigenvalue weighted by atomic mass is 9.69. The van der Waals surface area contributed by atoms with Crippen LogP contribution in [0, 0.1) is 28.4 Å². The van der Waals surface area contributed by atoms with Crippen molar-refractivity contribution in [2.45, 2.75) is 67.3 Å². The minimum Gasteiger partial charge on any atom is -0.493 e. The van der Waals surface area contributed by atoms with Crippen LogP contribution in [-0.2, 0) is 11.2 Å². The van der Waals surface area contributed by atoms with Gasteiger partial charge >= 0.3 is 0 Å². The molecule has 2 aromatic carbocycles. The van der Waals surface area contributed by atoms with Crippen molar-refractivity contribution < 1.29 is 23.0 Å². The third kappa shape index (κ3) is 9.32. The Bertz CT molecular complexity index is 1630. The number of anilines is 3. The van der Waals surface area contributed by atoms with Crippen LogP contribution in [0.5, 0.6) is 11.5 Å². The highest BCUT2D eigenvalue weighted by atomic mass is 32.1. The first-order chi connectivity index (χ1) is 21.6. The predicted octanol–water partition coefficient (Wildman–Crippen LogP) is 7.75. The number of methoxy groups -OCH3 is 1. The molecule has 4 aromatic rings. The fourth-order valence-corrected chi connectivity index (χ4v) is 6.03. The van der Waals surface area contributed by atoms with E-state index in [0.29, 0.717) is 56.8 Å². The smallest absolute Gasteiger partial charge is 0.229 e. The summed E-state index contributed by atoms with van der Waals surface area (Å²) < 4.78 is 38.7. The third-order valence-electron chi connectivity index (χ3n) is 7.92. The predicted molar refractivity (Wildman–Crippen MR) is 180 cm³/mol. The highest BCUT2D eigenvalue weighted by Crippen LogP contribution is 2.37. The summed E-state index contributed by atoms with van der Waals surface area (Å²) in [6.45, 7) is 17.4. The molecule has 0 radical (unpaired) electrons. The number of halogens is 2. The number of ether oxygens (including phenoxy) is 2. The number of carbonyl (C=O) groups excluding carboxylic acids is 1. The van der Waals surface area contributed by atoms with E-state index >= 15 is 0 Å². The number of carbonyl (C=O) groups is 1. The molecule has 2 unspecified atom stereocenters. The summed E-state index contributed by atoms with van der Waals surface area (Å²) in [5, 5.41) is 10.7. The second-order valence-corrected chi connectivity index (χ2v) is 14.7. The van der Waals surface area contributed by atoms with Crippen molar-refractivity contribution >= 4 is 44.8 Å². The zero-order valence-corrected chi connectivity index (χ0v) is 28.6. The summed E-state index contributed by atoms with van der Waals surface area (Å²) in [7, 11) is 1.59. The maximum Gasteiger partial charge on any atom is 0.229 e. The van der Waals surface area contributed by atoms with Gasteiger partial charge in [0.2, 0.25) is 5.91 Å². The van der Waals surface area contributed by atoms with Crippen molar-refractivity contribution in [3.05, 3.63) is 59.4 Å². The summed E-state index contributed by atoms with van der Waals surface area (Å²) >= 11 is 1.26. The number of thiazole rings is 1. The quantitative estimate of drug-likeness (QED) is 0.126. The van der Waals surface area contributed by atoms with Crippen molar-refractivity contribution in [3.63, 3.8) is 0 Å². The molecule has 0 saturated heterocycles. The topological polar surface area (TPSA) is 110 Å². The van der Waals surface area contributed by atoms with E-state index < -0.39 is 17.5 Å². The standard InChI is InChI=1S/C34H44F2N6O3S/c1-20(33(2,3)4)30(34(5,6)7)37-10-9-11-45-28-17-26-25(16-27(28)44-8)31(40-19-39-26)42-32-38-18-24(46-32)15-29(43)41-23-13-21(35)12-22(36)14-23/h12-14,16-20,30,37H,9-11,15H2,1-8H3,(H,41,43)(H,38,39,40,42). The van der Waals surface area contributed by atoms with Crippen LogP contribution >= 0.6 is 11.3 Å². The Labute approximate surface area is 273 Å². The molecular formula is C34H44F2N6O3S. The van der Waals surface area contributed by atoms with Gasteiger partial charge in [-0.3, -0.25) is 4.79 Å². The number of amides is 1. The lowest BCUT2D eigenvalue weighted by Gasteiger charge is -2.42. The Hall–Kier alpha value is -3.90. The lowest BCUT2D eigenvalue weighted by Crippen LogP contribution is -2.49. The molecule has 0 aliphatic carbocycles. The van der Waals surface area contributed by atoms with E-state index in [4.69, 9.17) is 9.47 Å². The van der Waals surface area contributed by atoms with Gasteiger partial charge in [0.15, 0.2) is 16.6 Å². The number of fused-ring (bicyclic) bond motifs is 1. The molecule has 0 aliphatic heterocycles. The average Bonchev–Trinajstić information content (AvgIpc) is 3.38. The zero-order chi connectivity index (χ0) is 33.6. The SMILES string of the molecule is COc1cc2c(Nc3ncc(CC(=O)Nc4cc(F)cc(F)c4)s3)ncnc2cc1OCCCNC(C(C)C(C)(C)C)C(C)(C)C. The molecular weight excluding hydrogens is 610 g/mol. The molecule has 46 heavy (non-hydrogen) atoms.